The molecule has 2 aliphatic rings. The number of ether oxygens (including phenoxy) is 1. The lowest BCUT2D eigenvalue weighted by molar-refractivity contribution is 0.170. The van der Waals surface area contributed by atoms with Crippen LogP contribution in [0.15, 0.2) is 58.5 Å². The summed E-state index contributed by atoms with van der Waals surface area (Å²) in [6, 6.07) is 14.7. The van der Waals surface area contributed by atoms with Gasteiger partial charge in [0.2, 0.25) is 0 Å². The van der Waals surface area contributed by atoms with Crippen molar-refractivity contribution in [3.63, 3.8) is 0 Å². The predicted molar refractivity (Wildman–Crippen MR) is 113 cm³/mol. The van der Waals surface area contributed by atoms with Crippen LogP contribution in [0.3, 0.4) is 0 Å². The molecule has 1 aliphatic heterocycles. The maximum absolute atomic E-state index is 12.2. The molecule has 0 spiro atoms. The summed E-state index contributed by atoms with van der Waals surface area (Å²) in [4.78, 5) is 33.9. The summed E-state index contributed by atoms with van der Waals surface area (Å²) in [7, 11) is 0. The number of carbonyl (C=O) groups excluding carboxylic acids is 2. The maximum Gasteiger partial charge on any atom is 0.420 e. The van der Waals surface area contributed by atoms with Crippen molar-refractivity contribution < 1.29 is 14.3 Å². The molecule has 2 aromatic carbocycles. The van der Waals surface area contributed by atoms with Crippen LogP contribution in [-0.2, 0) is 4.74 Å². The number of cyclic esters (lactones) is 2. The Morgan fingerprint density at radius 2 is 1.17 bits per heavy atom. The number of amides is 2. The van der Waals surface area contributed by atoms with Crippen molar-refractivity contribution in [3.8, 4) is 0 Å². The fraction of sp³-hybridized carbons (Fsp3) is 0.273. The van der Waals surface area contributed by atoms with Gasteiger partial charge >= 0.3 is 12.2 Å². The van der Waals surface area contributed by atoms with Crippen molar-refractivity contribution in [2.75, 3.05) is 10.6 Å². The van der Waals surface area contributed by atoms with Crippen molar-refractivity contribution in [3.05, 3.63) is 59.7 Å². The average molecular weight is 390 g/mol. The molecule has 2 amide bonds. The van der Waals surface area contributed by atoms with Gasteiger partial charge in [-0.25, -0.2) is 9.59 Å². The summed E-state index contributed by atoms with van der Waals surface area (Å²) in [5.74, 6) is 0. The first-order valence-corrected chi connectivity index (χ1v) is 9.73. The number of para-hydroxylation sites is 2. The second-order valence-electron chi connectivity index (χ2n) is 7.08. The number of carbonyl (C=O) groups is 2. The zero-order valence-corrected chi connectivity index (χ0v) is 15.9. The number of aliphatic imine (C=N–C) groups is 2. The van der Waals surface area contributed by atoms with E-state index in [-0.39, 0.29) is 12.1 Å². The van der Waals surface area contributed by atoms with Crippen LogP contribution in [0.4, 0.5) is 21.0 Å². The molecule has 7 heteroatoms. The lowest BCUT2D eigenvalue weighted by Crippen LogP contribution is -2.27. The van der Waals surface area contributed by atoms with E-state index in [4.69, 9.17) is 14.7 Å². The summed E-state index contributed by atoms with van der Waals surface area (Å²) in [5, 5.41) is 5.22. The zero-order chi connectivity index (χ0) is 20.1. The minimum absolute atomic E-state index is 0.0758. The molecule has 2 N–H and O–H groups in total. The number of anilines is 2. The number of rotatable bonds is 0. The van der Waals surface area contributed by atoms with E-state index in [2.05, 4.69) is 10.6 Å². The van der Waals surface area contributed by atoms with Crippen LogP contribution in [0.5, 0.6) is 0 Å². The van der Waals surface area contributed by atoms with E-state index in [0.717, 1.165) is 36.8 Å². The number of hydrogen-bond donors (Lipinski definition) is 2. The molecule has 1 saturated carbocycles. The number of fused-ring (bicyclic) bond motifs is 3. The Hall–Kier alpha value is -3.48. The van der Waals surface area contributed by atoms with Crippen LogP contribution in [0.25, 0.3) is 0 Å². The van der Waals surface area contributed by atoms with Gasteiger partial charge in [-0.15, -0.1) is 0 Å². The lowest BCUT2D eigenvalue weighted by Gasteiger charge is -2.25. The fourth-order valence-electron chi connectivity index (χ4n) is 3.59. The average Bonchev–Trinajstić information content (AvgIpc) is 2.72. The lowest BCUT2D eigenvalue weighted by atomic mass is 9.91. The summed E-state index contributed by atoms with van der Waals surface area (Å²) in [6.45, 7) is 0. The van der Waals surface area contributed by atoms with E-state index >= 15 is 0 Å². The number of nitrogens with one attached hydrogen (secondary N) is 2. The van der Waals surface area contributed by atoms with Gasteiger partial charge in [0.15, 0.2) is 0 Å². The molecule has 0 unspecified atom stereocenters. The molecule has 0 bridgehead atoms. The van der Waals surface area contributed by atoms with E-state index in [1.165, 1.54) is 0 Å². The van der Waals surface area contributed by atoms with Crippen molar-refractivity contribution >= 4 is 36.0 Å². The highest BCUT2D eigenvalue weighted by Crippen LogP contribution is 2.25. The largest absolute Gasteiger partial charge is 0.420 e. The third kappa shape index (κ3) is 4.68. The minimum atomic E-state index is -0.861. The molecule has 1 aliphatic carbocycles. The monoisotopic (exact) mass is 390 g/mol. The molecule has 1 fully saturated rings. The Labute approximate surface area is 168 Å². The van der Waals surface area contributed by atoms with Gasteiger partial charge in [-0.1, -0.05) is 49.2 Å². The second-order valence-corrected chi connectivity index (χ2v) is 7.08. The molecule has 0 saturated heterocycles. The first-order valence-electron chi connectivity index (χ1n) is 9.73. The summed E-state index contributed by atoms with van der Waals surface area (Å²) in [5.41, 5.74) is 2.55. The molecular weight excluding hydrogens is 368 g/mol. The van der Waals surface area contributed by atoms with Crippen LogP contribution in [0, 0.1) is 0 Å². The first-order chi connectivity index (χ1) is 14.2. The molecule has 2 atom stereocenters. The molecule has 0 aromatic heterocycles. The molecule has 2 aromatic rings. The molecule has 29 heavy (non-hydrogen) atoms. The van der Waals surface area contributed by atoms with E-state index in [1.54, 1.807) is 36.7 Å². The van der Waals surface area contributed by atoms with E-state index in [9.17, 15) is 9.59 Å². The summed E-state index contributed by atoms with van der Waals surface area (Å²) < 4.78 is 4.85. The Balaban J connectivity index is 1.71. The minimum Gasteiger partial charge on any atom is -0.359 e. The van der Waals surface area contributed by atoms with Gasteiger partial charge in [0.05, 0.1) is 23.5 Å². The molecule has 0 radical (unpaired) electrons. The third-order valence-electron chi connectivity index (χ3n) is 5.08. The Kier molecular flexibility index (Phi) is 5.65. The standard InChI is InChI=1S/C22H22N4O3/c27-21-25-17-9-3-1-7-15(17)13-23-19-11-5-6-12-20(19)24-14-16-8-2-4-10-18(16)26-22(28)29-21/h1-4,7-10,13-14,19-20H,5-6,11-12H2,(H,25,27)(H,26,28)/t19-,20-/m1/s1. The van der Waals surface area contributed by atoms with Crippen molar-refractivity contribution in [2.45, 2.75) is 37.8 Å². The van der Waals surface area contributed by atoms with Gasteiger partial charge in [0.25, 0.3) is 0 Å². The molecular formula is C22H22N4O3. The topological polar surface area (TPSA) is 92.1 Å². The molecule has 1 heterocycles. The van der Waals surface area contributed by atoms with E-state index in [1.807, 2.05) is 24.3 Å². The predicted octanol–water partition coefficient (Wildman–Crippen LogP) is 4.63. The van der Waals surface area contributed by atoms with Gasteiger partial charge in [0, 0.05) is 23.6 Å². The number of nitrogens with zero attached hydrogens (tertiary/aromatic N) is 2. The van der Waals surface area contributed by atoms with Crippen molar-refractivity contribution in [1.29, 1.82) is 0 Å². The fourth-order valence-corrected chi connectivity index (χ4v) is 3.59. The first kappa shape index (κ1) is 18.9. The van der Waals surface area contributed by atoms with Crippen LogP contribution >= 0.6 is 0 Å². The highest BCUT2D eigenvalue weighted by Gasteiger charge is 2.23. The van der Waals surface area contributed by atoms with Crippen LogP contribution in [0.2, 0.25) is 0 Å². The van der Waals surface area contributed by atoms with Crippen LogP contribution in [0.1, 0.15) is 36.8 Å². The van der Waals surface area contributed by atoms with Crippen LogP contribution < -0.4 is 10.6 Å². The SMILES string of the molecule is O=C1Nc2ccccc2C=N[C@@H]2CCCC[C@H]2N=Cc2ccccc2NC(=O)O1. The highest BCUT2D eigenvalue weighted by molar-refractivity contribution is 6.02. The molecule has 7 nitrogen and oxygen atoms in total. The van der Waals surface area contributed by atoms with Crippen LogP contribution in [-0.4, -0.2) is 36.7 Å². The van der Waals surface area contributed by atoms with Crippen molar-refractivity contribution in [1.82, 2.24) is 0 Å². The number of benzene rings is 2. The Morgan fingerprint density at radius 3 is 1.66 bits per heavy atom. The summed E-state index contributed by atoms with van der Waals surface area (Å²) in [6.07, 6.45) is 5.98. The Bertz CT molecular complexity index is 893. The van der Waals surface area contributed by atoms with E-state index < -0.39 is 12.2 Å². The second kappa shape index (κ2) is 8.68. The van der Waals surface area contributed by atoms with Gasteiger partial charge in [0.1, 0.15) is 0 Å². The third-order valence-corrected chi connectivity index (χ3v) is 5.08. The maximum atomic E-state index is 12.2. The Morgan fingerprint density at radius 1 is 0.724 bits per heavy atom. The van der Waals surface area contributed by atoms with Crippen molar-refractivity contribution in [2.24, 2.45) is 9.98 Å². The van der Waals surface area contributed by atoms with Gasteiger partial charge < -0.3 is 4.74 Å². The zero-order valence-electron chi connectivity index (χ0n) is 15.9. The van der Waals surface area contributed by atoms with Gasteiger partial charge in [-0.3, -0.25) is 20.6 Å². The molecule has 4 rings (SSSR count). The highest BCUT2D eigenvalue weighted by atomic mass is 16.6. The van der Waals surface area contributed by atoms with E-state index in [0.29, 0.717) is 11.4 Å². The summed E-state index contributed by atoms with van der Waals surface area (Å²) >= 11 is 0. The van der Waals surface area contributed by atoms with Gasteiger partial charge in [-0.05, 0) is 25.0 Å². The smallest absolute Gasteiger partial charge is 0.359 e. The number of hydrogen-bond acceptors (Lipinski definition) is 5. The quantitative estimate of drug-likeness (QED) is 0.643. The normalized spacial score (nSPS) is 21.9. The molecule has 148 valence electrons. The van der Waals surface area contributed by atoms with Gasteiger partial charge in [-0.2, -0.15) is 0 Å².